The zero-order valence-corrected chi connectivity index (χ0v) is 10.6. The smallest absolute Gasteiger partial charge is 0.335 e. The number of rotatable bonds is 4. The second-order valence-electron chi connectivity index (χ2n) is 4.51. The fourth-order valence-corrected chi connectivity index (χ4v) is 2.10. The van der Waals surface area contributed by atoms with Crippen LogP contribution in [0.3, 0.4) is 0 Å². The lowest BCUT2D eigenvalue weighted by atomic mass is 10.1. The number of hydrogen-bond acceptors (Lipinski definition) is 3. The van der Waals surface area contributed by atoms with Gasteiger partial charge in [0.05, 0.1) is 12.7 Å². The van der Waals surface area contributed by atoms with Crippen molar-refractivity contribution < 1.29 is 23.9 Å². The number of hydroxylamine groups is 2. The second kappa shape index (κ2) is 4.97. The molecular formula is C13H14FNO4. The summed E-state index contributed by atoms with van der Waals surface area (Å²) in [4.78, 5) is 27.3. The average molecular weight is 267 g/mol. The molecular weight excluding hydrogens is 253 g/mol. The van der Waals surface area contributed by atoms with Gasteiger partial charge in [-0.25, -0.2) is 14.2 Å². The molecule has 0 saturated heterocycles. The maximum absolute atomic E-state index is 13.8. The summed E-state index contributed by atoms with van der Waals surface area (Å²) in [5.41, 5.74) is 0.284. The van der Waals surface area contributed by atoms with Gasteiger partial charge in [-0.1, -0.05) is 6.07 Å². The van der Waals surface area contributed by atoms with Crippen LogP contribution in [0.2, 0.25) is 0 Å². The van der Waals surface area contributed by atoms with Crippen LogP contribution in [0.5, 0.6) is 0 Å². The highest BCUT2D eigenvalue weighted by molar-refractivity contribution is 5.87. The lowest BCUT2D eigenvalue weighted by Gasteiger charge is -2.13. The van der Waals surface area contributed by atoms with Crippen molar-refractivity contribution in [2.45, 2.75) is 12.3 Å². The van der Waals surface area contributed by atoms with Crippen molar-refractivity contribution >= 4 is 11.9 Å². The molecule has 2 unspecified atom stereocenters. The van der Waals surface area contributed by atoms with Gasteiger partial charge in [0.1, 0.15) is 5.82 Å². The van der Waals surface area contributed by atoms with Crippen LogP contribution >= 0.6 is 0 Å². The molecule has 6 heteroatoms. The maximum Gasteiger partial charge on any atom is 0.335 e. The number of nitrogens with zero attached hydrogens (tertiary/aromatic N) is 1. The molecule has 5 nitrogen and oxygen atoms in total. The maximum atomic E-state index is 13.8. The standard InChI is InChI=1S/C13H14FNO4/c1-15(19-2)12(16)10-6-9(10)8-4-3-7(13(17)18)5-11(8)14/h3-5,9-10H,6H2,1-2H3,(H,17,18). The minimum atomic E-state index is -1.17. The van der Waals surface area contributed by atoms with Crippen molar-refractivity contribution in [3.63, 3.8) is 0 Å². The van der Waals surface area contributed by atoms with Crippen LogP contribution in [0.4, 0.5) is 4.39 Å². The number of aromatic carboxylic acids is 1. The Labute approximate surface area is 109 Å². The topological polar surface area (TPSA) is 66.8 Å². The molecule has 2 atom stereocenters. The van der Waals surface area contributed by atoms with Gasteiger partial charge in [-0.05, 0) is 30.0 Å². The summed E-state index contributed by atoms with van der Waals surface area (Å²) in [5.74, 6) is -2.45. The Morgan fingerprint density at radius 2 is 2.16 bits per heavy atom. The quantitative estimate of drug-likeness (QED) is 0.842. The molecule has 0 heterocycles. The largest absolute Gasteiger partial charge is 0.478 e. The molecule has 1 aromatic carbocycles. The molecule has 2 rings (SSSR count). The van der Waals surface area contributed by atoms with Gasteiger partial charge >= 0.3 is 5.97 Å². The summed E-state index contributed by atoms with van der Waals surface area (Å²) in [6.07, 6.45) is 0.551. The van der Waals surface area contributed by atoms with Crippen LogP contribution in [0.1, 0.15) is 28.3 Å². The normalized spacial score (nSPS) is 21.0. The van der Waals surface area contributed by atoms with E-state index in [9.17, 15) is 14.0 Å². The fourth-order valence-electron chi connectivity index (χ4n) is 2.10. The summed E-state index contributed by atoms with van der Waals surface area (Å²) in [5, 5.41) is 9.87. The van der Waals surface area contributed by atoms with Crippen LogP contribution in [-0.4, -0.2) is 36.2 Å². The lowest BCUT2D eigenvalue weighted by Crippen LogP contribution is -2.27. The van der Waals surface area contributed by atoms with Gasteiger partial charge in [0, 0.05) is 13.0 Å². The Morgan fingerprint density at radius 3 is 2.68 bits per heavy atom. The van der Waals surface area contributed by atoms with E-state index in [1.165, 1.54) is 26.3 Å². The average Bonchev–Trinajstić information content (AvgIpc) is 3.16. The molecule has 1 N–H and O–H groups in total. The van der Waals surface area contributed by atoms with Crippen molar-refractivity contribution in [1.82, 2.24) is 5.06 Å². The van der Waals surface area contributed by atoms with E-state index in [4.69, 9.17) is 9.94 Å². The summed E-state index contributed by atoms with van der Waals surface area (Å²) in [7, 11) is 2.89. The number of halogens is 1. The highest BCUT2D eigenvalue weighted by Crippen LogP contribution is 2.49. The van der Waals surface area contributed by atoms with Gasteiger partial charge in [0.15, 0.2) is 0 Å². The van der Waals surface area contributed by atoms with Crippen LogP contribution < -0.4 is 0 Å². The van der Waals surface area contributed by atoms with Crippen molar-refractivity contribution in [3.8, 4) is 0 Å². The lowest BCUT2D eigenvalue weighted by molar-refractivity contribution is -0.170. The van der Waals surface area contributed by atoms with Crippen LogP contribution in [0.25, 0.3) is 0 Å². The molecule has 1 aromatic rings. The highest BCUT2D eigenvalue weighted by atomic mass is 19.1. The molecule has 1 amide bonds. The van der Waals surface area contributed by atoms with E-state index in [1.807, 2.05) is 0 Å². The Kier molecular flexibility index (Phi) is 3.53. The highest BCUT2D eigenvalue weighted by Gasteiger charge is 2.46. The first-order valence-electron chi connectivity index (χ1n) is 5.80. The summed E-state index contributed by atoms with van der Waals surface area (Å²) < 4.78 is 13.8. The van der Waals surface area contributed by atoms with E-state index in [2.05, 4.69) is 0 Å². The number of benzene rings is 1. The van der Waals surface area contributed by atoms with E-state index in [0.717, 1.165) is 11.1 Å². The molecule has 0 spiro atoms. The van der Waals surface area contributed by atoms with E-state index in [1.54, 1.807) is 0 Å². The number of hydrogen-bond donors (Lipinski definition) is 1. The summed E-state index contributed by atoms with van der Waals surface area (Å²) >= 11 is 0. The first kappa shape index (κ1) is 13.5. The number of amides is 1. The van der Waals surface area contributed by atoms with E-state index >= 15 is 0 Å². The van der Waals surface area contributed by atoms with E-state index < -0.39 is 11.8 Å². The molecule has 102 valence electrons. The van der Waals surface area contributed by atoms with Gasteiger partial charge in [0.2, 0.25) is 5.91 Å². The Balaban J connectivity index is 2.14. The third kappa shape index (κ3) is 2.58. The third-order valence-corrected chi connectivity index (χ3v) is 3.34. The molecule has 1 aliphatic rings. The van der Waals surface area contributed by atoms with E-state index in [-0.39, 0.29) is 23.3 Å². The Bertz CT molecular complexity index is 531. The van der Waals surface area contributed by atoms with Gasteiger partial charge in [-0.15, -0.1) is 0 Å². The second-order valence-corrected chi connectivity index (χ2v) is 4.51. The van der Waals surface area contributed by atoms with Crippen LogP contribution in [0, 0.1) is 11.7 Å². The van der Waals surface area contributed by atoms with E-state index in [0.29, 0.717) is 12.0 Å². The number of carboxylic acids is 1. The molecule has 1 fully saturated rings. The van der Waals surface area contributed by atoms with Crippen LogP contribution in [0.15, 0.2) is 18.2 Å². The van der Waals surface area contributed by atoms with Gasteiger partial charge in [-0.3, -0.25) is 9.63 Å². The van der Waals surface area contributed by atoms with Crippen molar-refractivity contribution in [3.05, 3.63) is 35.1 Å². The van der Waals surface area contributed by atoms with Crippen molar-refractivity contribution in [2.24, 2.45) is 5.92 Å². The Morgan fingerprint density at radius 1 is 1.47 bits per heavy atom. The predicted molar refractivity (Wildman–Crippen MR) is 64.0 cm³/mol. The van der Waals surface area contributed by atoms with Crippen molar-refractivity contribution in [1.29, 1.82) is 0 Å². The first-order valence-corrected chi connectivity index (χ1v) is 5.80. The predicted octanol–water partition coefficient (Wildman–Crippen LogP) is 1.65. The van der Waals surface area contributed by atoms with Gasteiger partial charge in [0.25, 0.3) is 0 Å². The zero-order chi connectivity index (χ0) is 14.2. The van der Waals surface area contributed by atoms with Crippen molar-refractivity contribution in [2.75, 3.05) is 14.2 Å². The first-order chi connectivity index (χ1) is 8.95. The fraction of sp³-hybridized carbons (Fsp3) is 0.385. The SMILES string of the molecule is CON(C)C(=O)C1CC1c1ccc(C(=O)O)cc1F. The molecule has 0 aromatic heterocycles. The number of carbonyl (C=O) groups is 2. The number of carbonyl (C=O) groups excluding carboxylic acids is 1. The zero-order valence-electron chi connectivity index (χ0n) is 10.6. The summed E-state index contributed by atoms with van der Waals surface area (Å²) in [6, 6.07) is 3.77. The molecule has 0 aliphatic heterocycles. The molecule has 19 heavy (non-hydrogen) atoms. The minimum absolute atomic E-state index is 0.0983. The third-order valence-electron chi connectivity index (χ3n) is 3.34. The number of carboxylic acid groups (broad SMARTS) is 1. The summed E-state index contributed by atoms with van der Waals surface area (Å²) in [6.45, 7) is 0. The van der Waals surface area contributed by atoms with Gasteiger partial charge in [-0.2, -0.15) is 0 Å². The molecule has 1 aliphatic carbocycles. The monoisotopic (exact) mass is 267 g/mol. The molecule has 0 radical (unpaired) electrons. The molecule has 0 bridgehead atoms. The Hall–Kier alpha value is -1.95. The molecule has 1 saturated carbocycles. The van der Waals surface area contributed by atoms with Crippen LogP contribution in [-0.2, 0) is 9.63 Å². The minimum Gasteiger partial charge on any atom is -0.478 e. The van der Waals surface area contributed by atoms with Gasteiger partial charge < -0.3 is 5.11 Å².